The van der Waals surface area contributed by atoms with Crippen LogP contribution in [0.25, 0.3) is 94.4 Å². The van der Waals surface area contributed by atoms with E-state index in [0.717, 1.165) is 39.3 Å². The quantitative estimate of drug-likeness (QED) is 0.160. The smallest absolute Gasteiger partial charge is 0.160 e. The first-order chi connectivity index (χ1) is 32.7. The molecule has 3 heteroatoms. The summed E-state index contributed by atoms with van der Waals surface area (Å²) in [6, 6.07) is 90.0. The highest BCUT2D eigenvalue weighted by Gasteiger charge is 2.48. The Labute approximate surface area is 383 Å². The molecule has 0 aliphatic heterocycles. The molecule has 12 aromatic rings. The summed E-state index contributed by atoms with van der Waals surface area (Å²) in [4.78, 5) is 10.7. The van der Waals surface area contributed by atoms with Crippen LogP contribution in [0.3, 0.4) is 0 Å². The number of benzene rings is 10. The Balaban J connectivity index is 0.994. The van der Waals surface area contributed by atoms with Gasteiger partial charge in [0.05, 0.1) is 27.8 Å². The van der Waals surface area contributed by atoms with Crippen molar-refractivity contribution in [3.05, 3.63) is 271 Å². The Morgan fingerprint density at radius 2 is 0.864 bits per heavy atom. The fourth-order valence-electron chi connectivity index (χ4n) is 10.8. The van der Waals surface area contributed by atoms with Crippen molar-refractivity contribution in [1.82, 2.24) is 14.5 Å². The normalized spacial score (nSPS) is 12.7. The van der Waals surface area contributed by atoms with E-state index in [-0.39, 0.29) is 0 Å². The van der Waals surface area contributed by atoms with Crippen LogP contribution in [0.1, 0.15) is 22.3 Å². The molecule has 2 aromatic heterocycles. The van der Waals surface area contributed by atoms with Gasteiger partial charge in [0.15, 0.2) is 5.82 Å². The second-order valence-corrected chi connectivity index (χ2v) is 17.2. The minimum Gasteiger partial charge on any atom is -0.309 e. The molecule has 0 amide bonds. The first-order valence-electron chi connectivity index (χ1n) is 22.7. The summed E-state index contributed by atoms with van der Waals surface area (Å²) in [5.41, 5.74) is 17.6. The molecule has 308 valence electrons. The molecule has 0 fully saturated rings. The number of hydrogen-bond donors (Lipinski definition) is 0. The Hall–Kier alpha value is -8.66. The molecule has 0 saturated heterocycles. The summed E-state index contributed by atoms with van der Waals surface area (Å²) in [5, 5.41) is 4.95. The fourth-order valence-corrected chi connectivity index (χ4v) is 10.8. The number of fused-ring (bicyclic) bond motifs is 8. The van der Waals surface area contributed by atoms with Gasteiger partial charge in [0, 0.05) is 33.2 Å². The third-order valence-electron chi connectivity index (χ3n) is 13.7. The van der Waals surface area contributed by atoms with Gasteiger partial charge < -0.3 is 4.57 Å². The van der Waals surface area contributed by atoms with Crippen LogP contribution < -0.4 is 0 Å². The molecule has 3 nitrogen and oxygen atoms in total. The Bertz CT molecular complexity index is 3700. The molecule has 13 rings (SSSR count). The highest BCUT2D eigenvalue weighted by Crippen LogP contribution is 2.60. The van der Waals surface area contributed by atoms with Crippen molar-refractivity contribution < 1.29 is 0 Å². The average molecular weight is 840 g/mol. The lowest BCUT2D eigenvalue weighted by Crippen LogP contribution is -2.28. The van der Waals surface area contributed by atoms with E-state index in [0.29, 0.717) is 5.82 Å². The summed E-state index contributed by atoms with van der Waals surface area (Å²) in [5.74, 6) is 0.681. The maximum atomic E-state index is 5.37. The maximum Gasteiger partial charge on any atom is 0.160 e. The molecule has 0 radical (unpaired) electrons. The number of rotatable bonds is 7. The average Bonchev–Trinajstić information content (AvgIpc) is 3.91. The van der Waals surface area contributed by atoms with Crippen LogP contribution in [0.5, 0.6) is 0 Å². The van der Waals surface area contributed by atoms with Gasteiger partial charge in [-0.1, -0.05) is 206 Å². The molecule has 2 heterocycles. The summed E-state index contributed by atoms with van der Waals surface area (Å²) in [7, 11) is 0. The molecule has 0 saturated carbocycles. The van der Waals surface area contributed by atoms with Gasteiger partial charge in [-0.2, -0.15) is 0 Å². The van der Waals surface area contributed by atoms with E-state index < -0.39 is 5.41 Å². The Morgan fingerprint density at radius 3 is 1.53 bits per heavy atom. The van der Waals surface area contributed by atoms with E-state index in [4.69, 9.17) is 9.97 Å². The number of aromatic nitrogens is 3. The third kappa shape index (κ3) is 5.84. The van der Waals surface area contributed by atoms with Crippen molar-refractivity contribution in [2.24, 2.45) is 0 Å². The first kappa shape index (κ1) is 37.9. The number of hydrogen-bond acceptors (Lipinski definition) is 2. The van der Waals surface area contributed by atoms with Crippen LogP contribution in [-0.2, 0) is 5.41 Å². The Morgan fingerprint density at radius 1 is 0.348 bits per heavy atom. The van der Waals surface area contributed by atoms with Crippen LogP contribution in [0, 0.1) is 0 Å². The van der Waals surface area contributed by atoms with Crippen LogP contribution in [-0.4, -0.2) is 14.5 Å². The van der Waals surface area contributed by atoms with Crippen LogP contribution in [0.15, 0.2) is 249 Å². The van der Waals surface area contributed by atoms with E-state index in [1.165, 1.54) is 71.5 Å². The van der Waals surface area contributed by atoms with Crippen molar-refractivity contribution in [1.29, 1.82) is 0 Å². The molecule has 66 heavy (non-hydrogen) atoms. The lowest BCUT2D eigenvalue weighted by molar-refractivity contribution is 0.775. The van der Waals surface area contributed by atoms with Gasteiger partial charge in [-0.25, -0.2) is 9.97 Å². The van der Waals surface area contributed by atoms with E-state index >= 15 is 0 Å². The third-order valence-corrected chi connectivity index (χ3v) is 13.7. The molecule has 0 N–H and O–H groups in total. The largest absolute Gasteiger partial charge is 0.309 e. The zero-order valence-corrected chi connectivity index (χ0v) is 36.0. The van der Waals surface area contributed by atoms with Crippen LogP contribution in [0.2, 0.25) is 0 Å². The van der Waals surface area contributed by atoms with E-state index in [1.54, 1.807) is 0 Å². The van der Waals surface area contributed by atoms with Gasteiger partial charge in [-0.05, 0) is 97.7 Å². The standard InChI is InChI=1S/C63H41N3/c1-4-19-42(20-5-1)56-41-57(43-35-37-49(38-36-43)66-58-33-16-13-29-51(58)52-30-14-17-34-59(52)66)65-62(64-56)46-23-18-22-44(39-46)54-40-45-21-10-11-28-50(45)61-60(54)53-31-12-15-32-55(53)63(61,47-24-6-2-7-25-47)48-26-8-3-9-27-48/h1-41H. The predicted molar refractivity (Wildman–Crippen MR) is 273 cm³/mol. The second kappa shape index (κ2) is 15.3. The molecule has 0 spiro atoms. The van der Waals surface area contributed by atoms with Gasteiger partial charge in [-0.3, -0.25) is 0 Å². The van der Waals surface area contributed by atoms with Gasteiger partial charge >= 0.3 is 0 Å². The number of para-hydroxylation sites is 2. The van der Waals surface area contributed by atoms with Crippen molar-refractivity contribution in [3.63, 3.8) is 0 Å². The van der Waals surface area contributed by atoms with Crippen LogP contribution >= 0.6 is 0 Å². The predicted octanol–water partition coefficient (Wildman–Crippen LogP) is 15.8. The summed E-state index contributed by atoms with van der Waals surface area (Å²) >= 11 is 0. The minimum absolute atomic E-state index is 0.541. The van der Waals surface area contributed by atoms with Gasteiger partial charge in [-0.15, -0.1) is 0 Å². The monoisotopic (exact) mass is 839 g/mol. The lowest BCUT2D eigenvalue weighted by Gasteiger charge is -2.35. The topological polar surface area (TPSA) is 30.7 Å². The highest BCUT2D eigenvalue weighted by atomic mass is 15.0. The number of nitrogens with zero attached hydrogens (tertiary/aromatic N) is 3. The molecular formula is C63H41N3. The van der Waals surface area contributed by atoms with Crippen molar-refractivity contribution >= 4 is 32.6 Å². The zero-order chi connectivity index (χ0) is 43.6. The second-order valence-electron chi connectivity index (χ2n) is 17.2. The van der Waals surface area contributed by atoms with Crippen LogP contribution in [0.4, 0.5) is 0 Å². The van der Waals surface area contributed by atoms with Crippen molar-refractivity contribution in [3.8, 4) is 61.8 Å². The van der Waals surface area contributed by atoms with E-state index in [1.807, 2.05) is 6.07 Å². The minimum atomic E-state index is -0.541. The maximum absolute atomic E-state index is 5.37. The molecule has 0 unspecified atom stereocenters. The summed E-state index contributed by atoms with van der Waals surface area (Å²) in [6.45, 7) is 0. The SMILES string of the molecule is c1ccc(-c2cc(-c3ccc(-n4c5ccccc5c5ccccc54)cc3)nc(-c3cccc(-c4cc5ccccc5c5c4-c4ccccc4C5(c4ccccc4)c4ccccc4)c3)n2)cc1. The molecule has 0 bridgehead atoms. The van der Waals surface area contributed by atoms with Crippen molar-refractivity contribution in [2.45, 2.75) is 5.41 Å². The van der Waals surface area contributed by atoms with E-state index in [2.05, 4.69) is 247 Å². The van der Waals surface area contributed by atoms with Gasteiger partial charge in [0.1, 0.15) is 0 Å². The highest BCUT2D eigenvalue weighted by molar-refractivity contribution is 6.09. The zero-order valence-electron chi connectivity index (χ0n) is 36.0. The van der Waals surface area contributed by atoms with Crippen molar-refractivity contribution in [2.75, 3.05) is 0 Å². The lowest BCUT2D eigenvalue weighted by atomic mass is 9.66. The molecule has 0 atom stereocenters. The van der Waals surface area contributed by atoms with E-state index in [9.17, 15) is 0 Å². The Kier molecular flexibility index (Phi) is 8.75. The van der Waals surface area contributed by atoms with Gasteiger partial charge in [0.2, 0.25) is 0 Å². The van der Waals surface area contributed by atoms with Gasteiger partial charge in [0.25, 0.3) is 0 Å². The fraction of sp³-hybridized carbons (Fsp3) is 0.0159. The molecule has 1 aliphatic rings. The molecule has 1 aliphatic carbocycles. The molecular weight excluding hydrogens is 799 g/mol. The first-order valence-corrected chi connectivity index (χ1v) is 22.7. The summed E-state index contributed by atoms with van der Waals surface area (Å²) in [6.07, 6.45) is 0. The summed E-state index contributed by atoms with van der Waals surface area (Å²) < 4.78 is 2.35. The molecule has 10 aromatic carbocycles.